The summed E-state index contributed by atoms with van der Waals surface area (Å²) >= 11 is 1.20. The Balaban J connectivity index is 1.62. The summed E-state index contributed by atoms with van der Waals surface area (Å²) in [6, 6.07) is 26.5. The second kappa shape index (κ2) is 11.9. The fraction of sp³-hybridized carbons (Fsp3) is 0.118. The molecule has 6 aromatic rings. The largest absolute Gasteiger partial charge is 0.377 e. The molecule has 1 N–H and O–H groups in total. The van der Waals surface area contributed by atoms with Gasteiger partial charge in [0.05, 0.1) is 21.2 Å². The van der Waals surface area contributed by atoms with E-state index in [1.807, 2.05) is 50.2 Å². The van der Waals surface area contributed by atoms with Gasteiger partial charge in [-0.25, -0.2) is 4.98 Å². The van der Waals surface area contributed by atoms with Crippen molar-refractivity contribution in [3.63, 3.8) is 0 Å². The molecule has 46 heavy (non-hydrogen) atoms. The third-order valence-corrected chi connectivity index (χ3v) is 12.6. The summed E-state index contributed by atoms with van der Waals surface area (Å²) in [4.78, 5) is 17.6. The van der Waals surface area contributed by atoms with E-state index in [1.54, 1.807) is 53.9 Å². The molecule has 0 saturated carbocycles. The van der Waals surface area contributed by atoms with Crippen LogP contribution < -0.4 is 13.9 Å². The van der Waals surface area contributed by atoms with Gasteiger partial charge in [0.25, 0.3) is 20.0 Å². The zero-order valence-corrected chi connectivity index (χ0v) is 27.9. The van der Waals surface area contributed by atoms with Crippen LogP contribution in [0.4, 0.5) is 16.5 Å². The number of amides is 1. The molecule has 12 heteroatoms. The van der Waals surface area contributed by atoms with E-state index in [4.69, 9.17) is 0 Å². The van der Waals surface area contributed by atoms with E-state index in [0.717, 1.165) is 11.3 Å². The number of aromatic nitrogens is 1. The number of anilines is 3. The van der Waals surface area contributed by atoms with E-state index in [1.165, 1.54) is 42.5 Å². The van der Waals surface area contributed by atoms with E-state index in [9.17, 15) is 21.6 Å². The molecule has 1 aromatic heterocycles. The average molecular weight is 671 g/mol. The summed E-state index contributed by atoms with van der Waals surface area (Å²) in [7, 11) is -5.80. The Morgan fingerprint density at radius 1 is 0.739 bits per heavy atom. The van der Waals surface area contributed by atoms with Crippen molar-refractivity contribution in [3.05, 3.63) is 108 Å². The fourth-order valence-electron chi connectivity index (χ4n) is 5.52. The van der Waals surface area contributed by atoms with Crippen LogP contribution >= 0.6 is 11.3 Å². The predicted octanol–water partition coefficient (Wildman–Crippen LogP) is 7.03. The van der Waals surface area contributed by atoms with Crippen molar-refractivity contribution in [3.8, 4) is 11.3 Å². The van der Waals surface area contributed by atoms with Crippen LogP contribution in [0.3, 0.4) is 0 Å². The van der Waals surface area contributed by atoms with Gasteiger partial charge in [-0.1, -0.05) is 66.7 Å². The van der Waals surface area contributed by atoms with E-state index in [0.29, 0.717) is 41.6 Å². The van der Waals surface area contributed by atoms with E-state index >= 15 is 0 Å². The summed E-state index contributed by atoms with van der Waals surface area (Å²) in [5.74, 6) is -0.282. The topological polar surface area (TPSA) is 117 Å². The molecular formula is C34H30N4O5S3. The average Bonchev–Trinajstić information content (AvgIpc) is 3.48. The van der Waals surface area contributed by atoms with E-state index < -0.39 is 20.0 Å². The number of benzene rings is 5. The number of carbonyl (C=O) groups is 1. The molecule has 1 amide bonds. The maximum Gasteiger partial charge on any atom is 0.278 e. The van der Waals surface area contributed by atoms with Crippen molar-refractivity contribution in [2.75, 3.05) is 28.0 Å². The lowest BCUT2D eigenvalue weighted by molar-refractivity contribution is -0.114. The molecule has 9 nitrogen and oxygen atoms in total. The zero-order chi connectivity index (χ0) is 32.8. The highest BCUT2D eigenvalue weighted by Gasteiger charge is 2.39. The van der Waals surface area contributed by atoms with Crippen LogP contribution in [0, 0.1) is 6.92 Å². The third kappa shape index (κ3) is 5.48. The van der Waals surface area contributed by atoms with Crippen molar-refractivity contribution < 1.29 is 21.6 Å². The molecular weight excluding hydrogens is 641 g/mol. The van der Waals surface area contributed by atoms with Crippen LogP contribution in [-0.4, -0.2) is 41.8 Å². The maximum atomic E-state index is 14.9. The van der Waals surface area contributed by atoms with Gasteiger partial charge in [0.15, 0.2) is 5.13 Å². The van der Waals surface area contributed by atoms with Gasteiger partial charge in [-0.05, 0) is 48.2 Å². The van der Waals surface area contributed by atoms with Crippen molar-refractivity contribution in [1.29, 1.82) is 0 Å². The first kappa shape index (κ1) is 31.2. The Morgan fingerprint density at radius 3 is 1.96 bits per heavy atom. The Morgan fingerprint density at radius 2 is 1.30 bits per heavy atom. The number of rotatable bonds is 8. The van der Waals surface area contributed by atoms with E-state index in [2.05, 4.69) is 10.3 Å². The molecule has 0 atom stereocenters. The minimum atomic E-state index is -4.77. The van der Waals surface area contributed by atoms with E-state index in [-0.39, 0.29) is 21.4 Å². The standard InChI is InChI=1S/C34H30N4O5S3/c1-22-10-5-15-28-26(22)13-8-18-32(28)45(40,41)38(25-12-6-11-24(20-25)30-21-44-34(36-30)35-23(2)39)46(42,43)33-19-9-14-27-29(33)16-7-17-31(27)37(3)4/h5-21H,1-4H3,(H,35,36,39). The first-order valence-electron chi connectivity index (χ1n) is 14.2. The van der Waals surface area contributed by atoms with Crippen LogP contribution in [0.15, 0.2) is 112 Å². The highest BCUT2D eigenvalue weighted by atomic mass is 32.3. The van der Waals surface area contributed by atoms with Crippen molar-refractivity contribution >= 4 is 75.3 Å². The highest BCUT2D eigenvalue weighted by molar-refractivity contribution is 8.10. The van der Waals surface area contributed by atoms with Gasteiger partial charge in [0, 0.05) is 53.8 Å². The van der Waals surface area contributed by atoms with Gasteiger partial charge >= 0.3 is 0 Å². The number of nitrogens with one attached hydrogen (secondary N) is 1. The normalized spacial score (nSPS) is 11.9. The Hall–Kier alpha value is -4.78. The van der Waals surface area contributed by atoms with Crippen LogP contribution in [-0.2, 0) is 24.8 Å². The van der Waals surface area contributed by atoms with Crippen molar-refractivity contribution in [2.45, 2.75) is 23.6 Å². The third-order valence-electron chi connectivity index (χ3n) is 7.57. The first-order valence-corrected chi connectivity index (χ1v) is 18.0. The number of hydrogen-bond acceptors (Lipinski definition) is 8. The van der Waals surface area contributed by atoms with Crippen LogP contribution in [0.25, 0.3) is 32.8 Å². The summed E-state index contributed by atoms with van der Waals surface area (Å²) in [6.07, 6.45) is 0. The molecule has 0 aliphatic heterocycles. The number of hydrogen-bond donors (Lipinski definition) is 1. The van der Waals surface area contributed by atoms with Gasteiger partial charge in [-0.2, -0.15) is 20.5 Å². The Bertz CT molecular complexity index is 2370. The molecule has 0 fully saturated rings. The molecule has 0 aliphatic rings. The molecule has 234 valence electrons. The Labute approximate surface area is 271 Å². The number of nitrogens with zero attached hydrogens (tertiary/aromatic N) is 3. The van der Waals surface area contributed by atoms with Crippen LogP contribution in [0.5, 0.6) is 0 Å². The zero-order valence-electron chi connectivity index (χ0n) is 25.4. The molecule has 0 radical (unpaired) electrons. The minimum Gasteiger partial charge on any atom is -0.377 e. The summed E-state index contributed by atoms with van der Waals surface area (Å²) in [5.41, 5.74) is 2.48. The number of sulfonamides is 2. The molecule has 1 heterocycles. The van der Waals surface area contributed by atoms with Gasteiger partial charge in [0.1, 0.15) is 0 Å². The number of thiazole rings is 1. The molecule has 0 bridgehead atoms. The van der Waals surface area contributed by atoms with Gasteiger partial charge in [-0.3, -0.25) is 4.79 Å². The molecule has 0 saturated heterocycles. The highest BCUT2D eigenvalue weighted by Crippen LogP contribution is 2.39. The second-order valence-electron chi connectivity index (χ2n) is 10.9. The molecule has 5 aromatic carbocycles. The quantitative estimate of drug-likeness (QED) is 0.185. The van der Waals surface area contributed by atoms with Crippen LogP contribution in [0.1, 0.15) is 12.5 Å². The van der Waals surface area contributed by atoms with Crippen molar-refractivity contribution in [2.24, 2.45) is 0 Å². The predicted molar refractivity (Wildman–Crippen MR) is 186 cm³/mol. The smallest absolute Gasteiger partial charge is 0.278 e. The molecule has 0 aliphatic carbocycles. The molecule has 0 spiro atoms. The molecule has 0 unspecified atom stereocenters. The SMILES string of the molecule is CC(=O)Nc1nc(-c2cccc(N(S(=O)(=O)c3cccc4c(C)cccc34)S(=O)(=O)c3cccc4c(N(C)C)cccc34)c2)cs1. The lowest BCUT2D eigenvalue weighted by Gasteiger charge is -2.26. The lowest BCUT2D eigenvalue weighted by atomic mass is 10.1. The Kier molecular flexibility index (Phi) is 8.05. The monoisotopic (exact) mass is 670 g/mol. The minimum absolute atomic E-state index is 0.0861. The number of fused-ring (bicyclic) bond motifs is 2. The fourth-order valence-corrected chi connectivity index (χ4v) is 10.4. The summed E-state index contributed by atoms with van der Waals surface area (Å²) in [6.45, 7) is 3.25. The maximum absolute atomic E-state index is 14.9. The van der Waals surface area contributed by atoms with Gasteiger partial charge < -0.3 is 10.2 Å². The van der Waals surface area contributed by atoms with Crippen molar-refractivity contribution in [1.82, 2.24) is 4.98 Å². The van der Waals surface area contributed by atoms with Crippen LogP contribution in [0.2, 0.25) is 0 Å². The molecule has 6 rings (SSSR count). The summed E-state index contributed by atoms with van der Waals surface area (Å²) < 4.78 is 60.0. The summed E-state index contributed by atoms with van der Waals surface area (Å²) in [5, 5.41) is 6.86. The lowest BCUT2D eigenvalue weighted by Crippen LogP contribution is -2.37. The number of carbonyl (C=O) groups excluding carboxylic acids is 1. The van der Waals surface area contributed by atoms with Gasteiger partial charge in [0.2, 0.25) is 5.91 Å². The second-order valence-corrected chi connectivity index (χ2v) is 15.5. The van der Waals surface area contributed by atoms with Gasteiger partial charge in [-0.15, -0.1) is 11.3 Å². The number of aryl methyl sites for hydroxylation is 1. The first-order chi connectivity index (χ1) is 21.9.